The highest BCUT2D eigenvalue weighted by atomic mass is 32.2. The molecule has 0 bridgehead atoms. The maximum atomic E-state index is 12.6. The van der Waals surface area contributed by atoms with Crippen LogP contribution in [0.3, 0.4) is 0 Å². The first-order valence-electron chi connectivity index (χ1n) is 8.26. The van der Waals surface area contributed by atoms with E-state index in [9.17, 15) is 29.6 Å². The number of methoxy groups -OCH3 is 1. The molecule has 3 rings (SSSR count). The largest absolute Gasteiger partial charge is 0.506 e. The molecule has 2 N–H and O–H groups in total. The molecule has 150 valence electrons. The summed E-state index contributed by atoms with van der Waals surface area (Å²) in [6, 6.07) is 9.49. The van der Waals surface area contributed by atoms with Gasteiger partial charge in [0.25, 0.3) is 10.9 Å². The topological polar surface area (TPSA) is 139 Å². The monoisotopic (exact) mass is 417 g/mol. The molecule has 10 nitrogen and oxygen atoms in total. The molecule has 0 spiro atoms. The van der Waals surface area contributed by atoms with Crippen LogP contribution in [-0.2, 0) is 9.59 Å². The summed E-state index contributed by atoms with van der Waals surface area (Å²) in [7, 11) is 1.49. The Morgan fingerprint density at radius 3 is 2.59 bits per heavy atom. The zero-order valence-electron chi connectivity index (χ0n) is 15.0. The number of phenolic OH excluding ortho intramolecular Hbond substituents is 1. The summed E-state index contributed by atoms with van der Waals surface area (Å²) in [6.45, 7) is 0. The van der Waals surface area contributed by atoms with Gasteiger partial charge in [0.2, 0.25) is 11.8 Å². The lowest BCUT2D eigenvalue weighted by molar-refractivity contribution is -0.384. The van der Waals surface area contributed by atoms with Gasteiger partial charge in [0, 0.05) is 18.6 Å². The lowest BCUT2D eigenvalue weighted by atomic mass is 10.2. The molecule has 2 aromatic rings. The first-order chi connectivity index (χ1) is 13.8. The quantitative estimate of drug-likeness (QED) is 0.415. The van der Waals surface area contributed by atoms with Gasteiger partial charge in [0.05, 0.1) is 23.4 Å². The second kappa shape index (κ2) is 8.19. The van der Waals surface area contributed by atoms with Gasteiger partial charge in [0.1, 0.15) is 16.7 Å². The third-order valence-electron chi connectivity index (χ3n) is 4.09. The Morgan fingerprint density at radius 1 is 1.28 bits per heavy atom. The van der Waals surface area contributed by atoms with E-state index >= 15 is 0 Å². The Labute approximate surface area is 168 Å². The fraction of sp³-hybridized carbons (Fsp3) is 0.167. The smallest absolute Gasteiger partial charge is 0.293 e. The summed E-state index contributed by atoms with van der Waals surface area (Å²) in [6.07, 6.45) is -0.343. The van der Waals surface area contributed by atoms with E-state index in [1.54, 1.807) is 24.3 Å². The molecule has 29 heavy (non-hydrogen) atoms. The van der Waals surface area contributed by atoms with Crippen molar-refractivity contribution in [2.75, 3.05) is 17.3 Å². The summed E-state index contributed by atoms with van der Waals surface area (Å²) >= 11 is 0.712. The lowest BCUT2D eigenvalue weighted by Crippen LogP contribution is -2.32. The molecule has 0 radical (unpaired) electrons. The Hall–Kier alpha value is -3.60. The van der Waals surface area contributed by atoms with Crippen molar-refractivity contribution in [3.63, 3.8) is 0 Å². The van der Waals surface area contributed by atoms with E-state index < -0.39 is 27.2 Å². The summed E-state index contributed by atoms with van der Waals surface area (Å²) in [4.78, 5) is 48.3. The van der Waals surface area contributed by atoms with Crippen LogP contribution in [0.1, 0.15) is 6.42 Å². The number of thioether (sulfide) groups is 1. The predicted molar refractivity (Wildman–Crippen MR) is 105 cm³/mol. The maximum absolute atomic E-state index is 12.6. The third kappa shape index (κ3) is 4.29. The van der Waals surface area contributed by atoms with Gasteiger partial charge in [-0.3, -0.25) is 24.5 Å². The fourth-order valence-corrected chi connectivity index (χ4v) is 3.64. The van der Waals surface area contributed by atoms with Crippen molar-refractivity contribution >= 4 is 45.9 Å². The van der Waals surface area contributed by atoms with Gasteiger partial charge in [-0.1, -0.05) is 0 Å². The van der Waals surface area contributed by atoms with Crippen LogP contribution in [0.15, 0.2) is 42.5 Å². The SMILES string of the molecule is COc1ccc(N2C(=O)SC(CC(=O)Nc3cc([N+](=O)[O-])ccc3O)C2=O)cc1. The van der Waals surface area contributed by atoms with Crippen molar-refractivity contribution in [3.05, 3.63) is 52.6 Å². The minimum atomic E-state index is -0.953. The summed E-state index contributed by atoms with van der Waals surface area (Å²) < 4.78 is 5.04. The van der Waals surface area contributed by atoms with Crippen LogP contribution in [0.4, 0.5) is 21.9 Å². The number of nitrogens with one attached hydrogen (secondary N) is 1. The Bertz CT molecular complexity index is 993. The first-order valence-corrected chi connectivity index (χ1v) is 9.14. The number of imide groups is 1. The molecule has 0 aliphatic carbocycles. The molecule has 1 heterocycles. The molecule has 1 atom stereocenters. The number of rotatable bonds is 6. The summed E-state index contributed by atoms with van der Waals surface area (Å²) in [5, 5.41) is 21.5. The van der Waals surface area contributed by atoms with Gasteiger partial charge >= 0.3 is 0 Å². The van der Waals surface area contributed by atoms with Crippen LogP contribution in [0.25, 0.3) is 0 Å². The number of benzene rings is 2. The second-order valence-corrected chi connectivity index (χ2v) is 7.11. The number of nitrogens with zero attached hydrogens (tertiary/aromatic N) is 2. The molecule has 2 aromatic carbocycles. The van der Waals surface area contributed by atoms with Gasteiger partial charge < -0.3 is 15.2 Å². The number of ether oxygens (including phenoxy) is 1. The molecule has 1 fully saturated rings. The fourth-order valence-electron chi connectivity index (χ4n) is 2.66. The summed E-state index contributed by atoms with van der Waals surface area (Å²) in [5.41, 5.74) is -0.115. The van der Waals surface area contributed by atoms with Crippen LogP contribution in [0, 0.1) is 10.1 Å². The van der Waals surface area contributed by atoms with Crippen LogP contribution in [0.5, 0.6) is 11.5 Å². The maximum Gasteiger partial charge on any atom is 0.293 e. The minimum absolute atomic E-state index is 0.155. The molecule has 1 aliphatic rings. The minimum Gasteiger partial charge on any atom is -0.506 e. The number of phenols is 1. The van der Waals surface area contributed by atoms with E-state index in [2.05, 4.69) is 5.32 Å². The van der Waals surface area contributed by atoms with Crippen LogP contribution < -0.4 is 15.0 Å². The van der Waals surface area contributed by atoms with Crippen molar-refractivity contribution in [2.24, 2.45) is 0 Å². The lowest BCUT2D eigenvalue weighted by Gasteiger charge is -2.14. The highest BCUT2D eigenvalue weighted by Crippen LogP contribution is 2.35. The van der Waals surface area contributed by atoms with Gasteiger partial charge in [-0.05, 0) is 42.1 Å². The van der Waals surface area contributed by atoms with E-state index in [1.165, 1.54) is 7.11 Å². The average Bonchev–Trinajstić information content (AvgIpc) is 2.96. The van der Waals surface area contributed by atoms with E-state index in [4.69, 9.17) is 4.74 Å². The molecule has 11 heteroatoms. The Kier molecular flexibility index (Phi) is 5.69. The predicted octanol–water partition coefficient (Wildman–Crippen LogP) is 2.91. The number of carbonyl (C=O) groups is 3. The van der Waals surface area contributed by atoms with Gasteiger partial charge in [-0.15, -0.1) is 0 Å². The zero-order valence-corrected chi connectivity index (χ0v) is 15.8. The number of non-ortho nitro benzene ring substituents is 1. The van der Waals surface area contributed by atoms with Gasteiger partial charge in [0.15, 0.2) is 0 Å². The number of hydrogen-bond acceptors (Lipinski definition) is 8. The number of amides is 3. The summed E-state index contributed by atoms with van der Waals surface area (Å²) in [5.74, 6) is -1.02. The standard InChI is InChI=1S/C18H15N3O7S/c1-28-12-5-2-10(3-6-12)20-17(24)15(29-18(20)25)9-16(23)19-13-8-11(21(26)27)4-7-14(13)22/h2-8,15,22H,9H2,1H3,(H,19,23). The normalized spacial score (nSPS) is 16.0. The van der Waals surface area contributed by atoms with Crippen LogP contribution in [-0.4, -0.2) is 39.4 Å². The molecule has 1 unspecified atom stereocenters. The zero-order chi connectivity index (χ0) is 21.1. The van der Waals surface area contributed by atoms with Crippen LogP contribution in [0.2, 0.25) is 0 Å². The van der Waals surface area contributed by atoms with E-state index in [0.717, 1.165) is 23.1 Å². The van der Waals surface area contributed by atoms with E-state index in [-0.39, 0.29) is 23.5 Å². The first kappa shape index (κ1) is 20.1. The molecule has 0 aromatic heterocycles. The molecule has 0 saturated carbocycles. The van der Waals surface area contributed by atoms with Gasteiger partial charge in [-0.25, -0.2) is 4.90 Å². The van der Waals surface area contributed by atoms with Crippen LogP contribution >= 0.6 is 11.8 Å². The number of nitro benzene ring substituents is 1. The molecular formula is C18H15N3O7S. The number of anilines is 2. The highest BCUT2D eigenvalue weighted by molar-refractivity contribution is 8.15. The molecule has 1 aliphatic heterocycles. The highest BCUT2D eigenvalue weighted by Gasteiger charge is 2.41. The third-order valence-corrected chi connectivity index (χ3v) is 5.12. The van der Waals surface area contributed by atoms with Gasteiger partial charge in [-0.2, -0.15) is 0 Å². The van der Waals surface area contributed by atoms with E-state index in [0.29, 0.717) is 23.2 Å². The van der Waals surface area contributed by atoms with Crippen molar-refractivity contribution in [1.29, 1.82) is 0 Å². The Morgan fingerprint density at radius 2 is 1.97 bits per heavy atom. The molecule has 3 amide bonds. The number of hydrogen-bond donors (Lipinski definition) is 2. The van der Waals surface area contributed by atoms with E-state index in [1.807, 2.05) is 0 Å². The molecular weight excluding hydrogens is 402 g/mol. The van der Waals surface area contributed by atoms with Crippen molar-refractivity contribution in [2.45, 2.75) is 11.7 Å². The van der Waals surface area contributed by atoms with Crippen molar-refractivity contribution in [3.8, 4) is 11.5 Å². The average molecular weight is 417 g/mol. The number of nitro groups is 1. The molecule has 1 saturated heterocycles. The number of carbonyl (C=O) groups excluding carboxylic acids is 3. The van der Waals surface area contributed by atoms with Crippen molar-refractivity contribution < 1.29 is 29.2 Å². The second-order valence-electron chi connectivity index (χ2n) is 5.95. The van der Waals surface area contributed by atoms with Crippen molar-refractivity contribution in [1.82, 2.24) is 0 Å². The Balaban J connectivity index is 1.70. The number of aromatic hydroxyl groups is 1.